The van der Waals surface area contributed by atoms with Crippen LogP contribution in [0.4, 0.5) is 5.69 Å². The molecule has 0 N–H and O–H groups in total. The summed E-state index contributed by atoms with van der Waals surface area (Å²) in [5, 5.41) is 0. The zero-order valence-corrected chi connectivity index (χ0v) is 18.5. The SMILES string of the molecule is COc1ccc(S(=O)(=O)N2CCc3ccccc32)cc1C(=O)N(C)Cc1ccc(C)o1. The van der Waals surface area contributed by atoms with Crippen LogP contribution in [0.2, 0.25) is 0 Å². The van der Waals surface area contributed by atoms with E-state index in [0.717, 1.165) is 11.3 Å². The number of anilines is 1. The van der Waals surface area contributed by atoms with Crippen LogP contribution in [0.15, 0.2) is 63.9 Å². The van der Waals surface area contributed by atoms with Gasteiger partial charge in [0, 0.05) is 13.6 Å². The third kappa shape index (κ3) is 3.90. The molecule has 162 valence electrons. The molecule has 0 saturated heterocycles. The summed E-state index contributed by atoms with van der Waals surface area (Å²) >= 11 is 0. The van der Waals surface area contributed by atoms with Crippen LogP contribution in [-0.4, -0.2) is 39.9 Å². The number of rotatable bonds is 6. The Labute approximate surface area is 181 Å². The van der Waals surface area contributed by atoms with Crippen LogP contribution in [0.5, 0.6) is 5.75 Å². The van der Waals surface area contributed by atoms with Crippen molar-refractivity contribution in [3.05, 3.63) is 77.2 Å². The monoisotopic (exact) mass is 440 g/mol. The van der Waals surface area contributed by atoms with Gasteiger partial charge in [-0.25, -0.2) is 8.42 Å². The van der Waals surface area contributed by atoms with E-state index in [9.17, 15) is 13.2 Å². The lowest BCUT2D eigenvalue weighted by Crippen LogP contribution is -2.30. The number of benzene rings is 2. The number of fused-ring (bicyclic) bond motifs is 1. The first-order chi connectivity index (χ1) is 14.8. The minimum Gasteiger partial charge on any atom is -0.496 e. The van der Waals surface area contributed by atoms with Crippen LogP contribution in [-0.2, 0) is 23.0 Å². The number of hydrogen-bond acceptors (Lipinski definition) is 5. The molecule has 0 atom stereocenters. The summed E-state index contributed by atoms with van der Waals surface area (Å²) < 4.78 is 39.0. The lowest BCUT2D eigenvalue weighted by atomic mass is 10.1. The highest BCUT2D eigenvalue weighted by Gasteiger charge is 2.32. The standard InChI is InChI=1S/C23H24N2O5S/c1-16-8-9-18(30-16)15-24(2)23(26)20-14-19(10-11-22(20)29-3)31(27,28)25-13-12-17-6-4-5-7-21(17)25/h4-11,14H,12-13,15H2,1-3H3. The van der Waals surface area contributed by atoms with E-state index in [1.807, 2.05) is 37.3 Å². The predicted molar refractivity (Wildman–Crippen MR) is 117 cm³/mol. The Kier molecular flexibility index (Phi) is 5.49. The number of furan rings is 1. The van der Waals surface area contributed by atoms with Crippen molar-refractivity contribution in [3.63, 3.8) is 0 Å². The fraction of sp³-hybridized carbons (Fsp3) is 0.261. The average molecular weight is 441 g/mol. The number of carbonyl (C=O) groups excluding carboxylic acids is 1. The number of hydrogen-bond donors (Lipinski definition) is 0. The molecule has 4 rings (SSSR count). The van der Waals surface area contributed by atoms with Gasteiger partial charge in [0.2, 0.25) is 0 Å². The Morgan fingerprint density at radius 3 is 2.65 bits per heavy atom. The first-order valence-electron chi connectivity index (χ1n) is 9.90. The van der Waals surface area contributed by atoms with Crippen molar-refractivity contribution in [2.24, 2.45) is 0 Å². The number of nitrogens with zero attached hydrogens (tertiary/aromatic N) is 2. The Hall–Kier alpha value is -3.26. The smallest absolute Gasteiger partial charge is 0.264 e. The molecule has 2 heterocycles. The summed E-state index contributed by atoms with van der Waals surface area (Å²) in [7, 11) is -0.738. The second-order valence-electron chi connectivity index (χ2n) is 7.49. The van der Waals surface area contributed by atoms with Gasteiger partial charge in [0.1, 0.15) is 17.3 Å². The van der Waals surface area contributed by atoms with E-state index in [4.69, 9.17) is 9.15 Å². The molecular formula is C23H24N2O5S. The van der Waals surface area contributed by atoms with Gasteiger partial charge >= 0.3 is 0 Å². The number of sulfonamides is 1. The van der Waals surface area contributed by atoms with Gasteiger partial charge in [0.15, 0.2) is 0 Å². The zero-order valence-electron chi connectivity index (χ0n) is 17.7. The van der Waals surface area contributed by atoms with E-state index in [2.05, 4.69) is 0 Å². The molecular weight excluding hydrogens is 416 g/mol. The first kappa shape index (κ1) is 21.0. The molecule has 0 aliphatic carbocycles. The molecule has 7 nitrogen and oxygen atoms in total. The molecule has 0 bridgehead atoms. The highest BCUT2D eigenvalue weighted by Crippen LogP contribution is 2.34. The third-order valence-corrected chi connectivity index (χ3v) is 7.18. The van der Waals surface area contributed by atoms with Gasteiger partial charge in [-0.2, -0.15) is 0 Å². The van der Waals surface area contributed by atoms with E-state index in [0.29, 0.717) is 30.2 Å². The van der Waals surface area contributed by atoms with Crippen LogP contribution >= 0.6 is 0 Å². The second-order valence-corrected chi connectivity index (χ2v) is 9.35. The van der Waals surface area contributed by atoms with E-state index in [1.54, 1.807) is 13.1 Å². The van der Waals surface area contributed by atoms with Crippen molar-refractivity contribution < 1.29 is 22.4 Å². The molecule has 8 heteroatoms. The third-order valence-electron chi connectivity index (χ3n) is 5.37. The Morgan fingerprint density at radius 1 is 1.16 bits per heavy atom. The molecule has 0 unspecified atom stereocenters. The molecule has 1 amide bonds. The van der Waals surface area contributed by atoms with Crippen LogP contribution in [0.1, 0.15) is 27.4 Å². The van der Waals surface area contributed by atoms with Crippen molar-refractivity contribution >= 4 is 21.6 Å². The maximum absolute atomic E-state index is 13.4. The molecule has 0 radical (unpaired) electrons. The molecule has 3 aromatic rings. The number of aryl methyl sites for hydroxylation is 1. The van der Waals surface area contributed by atoms with E-state index < -0.39 is 10.0 Å². The fourth-order valence-electron chi connectivity index (χ4n) is 3.78. The van der Waals surface area contributed by atoms with Gasteiger partial charge in [-0.15, -0.1) is 0 Å². The van der Waals surface area contributed by atoms with Crippen LogP contribution in [0.25, 0.3) is 0 Å². The number of methoxy groups -OCH3 is 1. The quantitative estimate of drug-likeness (QED) is 0.585. The van der Waals surface area contributed by atoms with Crippen molar-refractivity contribution in [3.8, 4) is 5.75 Å². The topological polar surface area (TPSA) is 80.1 Å². The van der Waals surface area contributed by atoms with Gasteiger partial charge < -0.3 is 14.1 Å². The lowest BCUT2D eigenvalue weighted by Gasteiger charge is -2.21. The highest BCUT2D eigenvalue weighted by molar-refractivity contribution is 7.92. The van der Waals surface area contributed by atoms with Crippen molar-refractivity contribution in [2.75, 3.05) is 25.0 Å². The van der Waals surface area contributed by atoms with Gasteiger partial charge in [-0.1, -0.05) is 18.2 Å². The number of amides is 1. The normalized spacial score (nSPS) is 13.2. The van der Waals surface area contributed by atoms with Crippen LogP contribution < -0.4 is 9.04 Å². The zero-order chi connectivity index (χ0) is 22.2. The number of para-hydroxylation sites is 1. The molecule has 2 aromatic carbocycles. The van der Waals surface area contributed by atoms with Gasteiger partial charge in [0.25, 0.3) is 15.9 Å². The van der Waals surface area contributed by atoms with Crippen LogP contribution in [0, 0.1) is 6.92 Å². The lowest BCUT2D eigenvalue weighted by molar-refractivity contribution is 0.0771. The maximum Gasteiger partial charge on any atom is 0.264 e. The van der Waals surface area contributed by atoms with E-state index in [1.165, 1.54) is 34.5 Å². The minimum atomic E-state index is -3.83. The number of carbonyl (C=O) groups is 1. The van der Waals surface area contributed by atoms with Gasteiger partial charge in [-0.05, 0) is 55.3 Å². The van der Waals surface area contributed by atoms with Crippen molar-refractivity contribution in [1.29, 1.82) is 0 Å². The van der Waals surface area contributed by atoms with Crippen molar-refractivity contribution in [1.82, 2.24) is 4.90 Å². The van der Waals surface area contributed by atoms with E-state index >= 15 is 0 Å². The Morgan fingerprint density at radius 2 is 1.94 bits per heavy atom. The van der Waals surface area contributed by atoms with E-state index in [-0.39, 0.29) is 22.9 Å². The molecule has 0 saturated carbocycles. The Bertz CT molecular complexity index is 1230. The van der Waals surface area contributed by atoms with Crippen LogP contribution in [0.3, 0.4) is 0 Å². The molecule has 1 aromatic heterocycles. The maximum atomic E-state index is 13.4. The summed E-state index contributed by atoms with van der Waals surface area (Å²) in [6.07, 6.45) is 0.655. The highest BCUT2D eigenvalue weighted by atomic mass is 32.2. The molecule has 1 aliphatic heterocycles. The molecule has 0 spiro atoms. The minimum absolute atomic E-state index is 0.0515. The average Bonchev–Trinajstić information content (AvgIpc) is 3.38. The summed E-state index contributed by atoms with van der Waals surface area (Å²) in [4.78, 5) is 14.7. The molecule has 31 heavy (non-hydrogen) atoms. The van der Waals surface area contributed by atoms with Crippen molar-refractivity contribution in [2.45, 2.75) is 24.8 Å². The van der Waals surface area contributed by atoms with Gasteiger partial charge in [-0.3, -0.25) is 9.10 Å². The molecule has 0 fully saturated rings. The number of ether oxygens (including phenoxy) is 1. The molecule has 1 aliphatic rings. The second kappa shape index (κ2) is 8.11. The summed E-state index contributed by atoms with van der Waals surface area (Å²) in [6.45, 7) is 2.46. The first-order valence-corrected chi connectivity index (χ1v) is 11.3. The summed E-state index contributed by atoms with van der Waals surface area (Å²) in [5.74, 6) is 1.36. The largest absolute Gasteiger partial charge is 0.496 e. The van der Waals surface area contributed by atoms with Gasteiger partial charge in [0.05, 0.1) is 29.8 Å². The fourth-order valence-corrected chi connectivity index (χ4v) is 5.31. The Balaban J connectivity index is 1.66. The predicted octanol–water partition coefficient (Wildman–Crippen LogP) is 3.62. The summed E-state index contributed by atoms with van der Waals surface area (Å²) in [6, 6.07) is 15.5. The summed E-state index contributed by atoms with van der Waals surface area (Å²) in [5.41, 5.74) is 1.85.